The number of benzene rings is 2. The van der Waals surface area contributed by atoms with E-state index in [1.165, 1.54) is 18.2 Å². The van der Waals surface area contributed by atoms with Crippen LogP contribution in [0.3, 0.4) is 0 Å². The second-order valence-electron chi connectivity index (χ2n) is 10.1. The summed E-state index contributed by atoms with van der Waals surface area (Å²) < 4.78 is 46.1. The minimum absolute atomic E-state index is 0.121. The zero-order valence-electron chi connectivity index (χ0n) is 22.2. The molecule has 10 heteroatoms. The Bertz CT molecular complexity index is 1510. The lowest BCUT2D eigenvalue weighted by atomic mass is 10.0. The van der Waals surface area contributed by atoms with Crippen LogP contribution < -0.4 is 9.46 Å². The van der Waals surface area contributed by atoms with Gasteiger partial charge in [0, 0.05) is 29.8 Å². The zero-order valence-corrected chi connectivity index (χ0v) is 23.1. The number of aromatic nitrogens is 1. The van der Waals surface area contributed by atoms with Crippen molar-refractivity contribution in [2.45, 2.75) is 51.7 Å². The molecular weight excluding hydrogens is 523 g/mol. The van der Waals surface area contributed by atoms with Gasteiger partial charge >= 0.3 is 5.97 Å². The van der Waals surface area contributed by atoms with Crippen molar-refractivity contribution < 1.29 is 32.4 Å². The number of furan rings is 1. The van der Waals surface area contributed by atoms with Crippen molar-refractivity contribution in [3.05, 3.63) is 83.1 Å². The van der Waals surface area contributed by atoms with Gasteiger partial charge in [-0.05, 0) is 80.4 Å². The van der Waals surface area contributed by atoms with Gasteiger partial charge in [-0.2, -0.15) is 0 Å². The molecule has 2 aromatic carbocycles. The molecule has 0 bridgehead atoms. The molecule has 4 rings (SSSR count). The number of pyridine rings is 1. The van der Waals surface area contributed by atoms with Gasteiger partial charge in [0.2, 0.25) is 0 Å². The summed E-state index contributed by atoms with van der Waals surface area (Å²) in [6.07, 6.45) is 1.34. The number of hydrogen-bond acceptors (Lipinski definition) is 6. The molecule has 8 nitrogen and oxygen atoms in total. The number of carbonyl (C=O) groups is 1. The van der Waals surface area contributed by atoms with Gasteiger partial charge in [0.1, 0.15) is 36.1 Å². The van der Waals surface area contributed by atoms with Gasteiger partial charge in [-0.15, -0.1) is 0 Å². The van der Waals surface area contributed by atoms with Crippen LogP contribution >= 0.6 is 0 Å². The van der Waals surface area contributed by atoms with Crippen molar-refractivity contribution in [1.29, 1.82) is 0 Å². The minimum atomic E-state index is -1.24. The lowest BCUT2D eigenvalue weighted by Crippen LogP contribution is -2.33. The van der Waals surface area contributed by atoms with Crippen LogP contribution in [-0.2, 0) is 46.7 Å². The highest BCUT2D eigenvalue weighted by Gasteiger charge is 2.20. The maximum Gasteiger partial charge on any atom is 0.307 e. The number of hydrogen-bond donors (Lipinski definition) is 2. The molecule has 4 aromatic rings. The minimum Gasteiger partial charge on any atom is -0.489 e. The van der Waals surface area contributed by atoms with Crippen LogP contribution in [0.15, 0.2) is 59.1 Å². The molecule has 0 aliphatic carbocycles. The third-order valence-corrected chi connectivity index (χ3v) is 7.36. The number of nitrogens with zero attached hydrogens (tertiary/aromatic N) is 1. The Labute approximate surface area is 228 Å². The highest BCUT2D eigenvalue weighted by Crippen LogP contribution is 2.34. The van der Waals surface area contributed by atoms with Crippen molar-refractivity contribution in [1.82, 2.24) is 9.71 Å². The molecular formula is C29H31FN2O6S. The largest absolute Gasteiger partial charge is 0.489 e. The Balaban J connectivity index is 1.67. The second-order valence-corrected chi connectivity index (χ2v) is 12.1. The van der Waals surface area contributed by atoms with E-state index in [1.807, 2.05) is 51.1 Å². The van der Waals surface area contributed by atoms with Gasteiger partial charge in [-0.1, -0.05) is 0 Å². The van der Waals surface area contributed by atoms with Crippen LogP contribution in [0.25, 0.3) is 22.1 Å². The number of carboxylic acid groups (broad SMARTS) is 1. The van der Waals surface area contributed by atoms with Gasteiger partial charge in [-0.3, -0.25) is 9.78 Å². The first-order chi connectivity index (χ1) is 18.5. The summed E-state index contributed by atoms with van der Waals surface area (Å²) in [5.74, 6) is -0.643. The van der Waals surface area contributed by atoms with E-state index in [1.54, 1.807) is 13.3 Å². The predicted molar refractivity (Wildman–Crippen MR) is 147 cm³/mol. The van der Waals surface area contributed by atoms with Gasteiger partial charge in [0.05, 0.1) is 34.4 Å². The van der Waals surface area contributed by atoms with Crippen LogP contribution in [-0.4, -0.2) is 32.1 Å². The van der Waals surface area contributed by atoms with Gasteiger partial charge in [-0.25, -0.2) is 13.3 Å². The molecule has 1 atom stereocenters. The average Bonchev–Trinajstić information content (AvgIpc) is 3.28. The topological polar surface area (TPSA) is 111 Å². The van der Waals surface area contributed by atoms with Crippen molar-refractivity contribution in [2.24, 2.45) is 0 Å². The predicted octanol–water partition coefficient (Wildman–Crippen LogP) is 5.54. The second kappa shape index (κ2) is 12.1. The standard InChI is InChI=1S/C29H31FN2O6S/c1-29(2,3)39(35)32-15-23-12-19(7-8-31-23)25-10-18(9-21-13-24(17-36-4)38-28(21)25)16-37-26-6-5-22(30)11-20(26)14-27(33)34/h5-13,32H,14-17H2,1-4H3,(H,33,34). The number of aliphatic carboxylic acids is 1. The average molecular weight is 555 g/mol. The molecule has 39 heavy (non-hydrogen) atoms. The molecule has 2 heterocycles. The van der Waals surface area contributed by atoms with Gasteiger partial charge < -0.3 is 19.0 Å². The fourth-order valence-electron chi connectivity index (χ4n) is 4.03. The van der Waals surface area contributed by atoms with Crippen LogP contribution in [0, 0.1) is 5.82 Å². The number of methoxy groups -OCH3 is 1. The molecule has 206 valence electrons. The SMILES string of the molecule is COCc1cc2cc(COc3ccc(F)cc3CC(=O)O)cc(-c3ccnc(CNS(=O)C(C)(C)C)c3)c2o1. The molecule has 2 N–H and O–H groups in total. The fourth-order valence-corrected chi connectivity index (χ4v) is 4.74. The van der Waals surface area contributed by atoms with Crippen LogP contribution in [0.4, 0.5) is 4.39 Å². The third-order valence-electron chi connectivity index (χ3n) is 5.84. The van der Waals surface area contributed by atoms with Crippen LogP contribution in [0.2, 0.25) is 0 Å². The van der Waals surface area contributed by atoms with E-state index >= 15 is 0 Å². The Hall–Kier alpha value is -3.60. The van der Waals surface area contributed by atoms with E-state index in [9.17, 15) is 18.5 Å². The molecule has 0 spiro atoms. The summed E-state index contributed by atoms with van der Waals surface area (Å²) in [5.41, 5.74) is 4.10. The van der Waals surface area contributed by atoms with E-state index in [4.69, 9.17) is 13.9 Å². The maximum atomic E-state index is 13.7. The highest BCUT2D eigenvalue weighted by molar-refractivity contribution is 7.84. The molecule has 0 amide bonds. The van der Waals surface area contributed by atoms with Gasteiger partial charge in [0.15, 0.2) is 0 Å². The lowest BCUT2D eigenvalue weighted by molar-refractivity contribution is -0.136. The number of halogens is 1. The van der Waals surface area contributed by atoms with E-state index in [2.05, 4.69) is 9.71 Å². The first-order valence-electron chi connectivity index (χ1n) is 12.3. The Morgan fingerprint density at radius 2 is 1.92 bits per heavy atom. The van der Waals surface area contributed by atoms with Crippen LogP contribution in [0.5, 0.6) is 5.75 Å². The van der Waals surface area contributed by atoms with E-state index in [0.29, 0.717) is 35.9 Å². The first kappa shape index (κ1) is 28.4. The number of fused-ring (bicyclic) bond motifs is 1. The molecule has 0 saturated heterocycles. The van der Waals surface area contributed by atoms with E-state index in [0.717, 1.165) is 22.1 Å². The van der Waals surface area contributed by atoms with Crippen molar-refractivity contribution in [3.8, 4) is 16.9 Å². The zero-order chi connectivity index (χ0) is 28.2. The maximum absolute atomic E-state index is 13.7. The first-order valence-corrected chi connectivity index (χ1v) is 13.5. The van der Waals surface area contributed by atoms with Crippen molar-refractivity contribution in [3.63, 3.8) is 0 Å². The molecule has 2 aromatic heterocycles. The smallest absolute Gasteiger partial charge is 0.307 e. The molecule has 0 saturated carbocycles. The van der Waals surface area contributed by atoms with E-state index in [-0.39, 0.29) is 18.6 Å². The summed E-state index contributed by atoms with van der Waals surface area (Å²) in [6, 6.07) is 13.4. The normalized spacial score (nSPS) is 12.5. The molecule has 1 unspecified atom stereocenters. The summed E-state index contributed by atoms with van der Waals surface area (Å²) in [5, 5.41) is 10.0. The van der Waals surface area contributed by atoms with E-state index < -0.39 is 27.5 Å². The Morgan fingerprint density at radius 3 is 2.64 bits per heavy atom. The van der Waals surface area contributed by atoms with Gasteiger partial charge in [0.25, 0.3) is 0 Å². The molecule has 0 radical (unpaired) electrons. The van der Waals surface area contributed by atoms with Crippen molar-refractivity contribution >= 4 is 27.9 Å². The highest BCUT2D eigenvalue weighted by atomic mass is 32.2. The number of carboxylic acids is 1. The van der Waals surface area contributed by atoms with Crippen LogP contribution in [0.1, 0.15) is 43.4 Å². The monoisotopic (exact) mass is 554 g/mol. The lowest BCUT2D eigenvalue weighted by Gasteiger charge is -2.18. The third kappa shape index (κ3) is 7.29. The summed E-state index contributed by atoms with van der Waals surface area (Å²) in [6.45, 7) is 6.45. The summed E-state index contributed by atoms with van der Waals surface area (Å²) in [4.78, 5) is 15.7. The number of ether oxygens (including phenoxy) is 2. The quantitative estimate of drug-likeness (QED) is 0.251. The van der Waals surface area contributed by atoms with Crippen molar-refractivity contribution in [2.75, 3.05) is 7.11 Å². The number of nitrogens with one attached hydrogen (secondary N) is 1. The molecule has 0 aliphatic rings. The summed E-state index contributed by atoms with van der Waals surface area (Å²) in [7, 11) is 0.350. The summed E-state index contributed by atoms with van der Waals surface area (Å²) >= 11 is 0. The molecule has 0 aliphatic heterocycles. The Morgan fingerprint density at radius 1 is 1.13 bits per heavy atom. The number of rotatable bonds is 11. The Kier molecular flexibility index (Phi) is 8.79. The molecule has 0 fully saturated rings. The fraction of sp³-hybridized carbons (Fsp3) is 0.310.